The van der Waals surface area contributed by atoms with Crippen molar-refractivity contribution in [1.82, 2.24) is 4.90 Å². The van der Waals surface area contributed by atoms with E-state index < -0.39 is 5.97 Å². The number of nitrogens with two attached hydrogens (primary N) is 1. The highest BCUT2D eigenvalue weighted by atomic mass is 16.4. The number of anilines is 1. The van der Waals surface area contributed by atoms with Gasteiger partial charge in [0.2, 0.25) is 5.91 Å². The van der Waals surface area contributed by atoms with Gasteiger partial charge < -0.3 is 15.7 Å². The highest BCUT2D eigenvalue weighted by Crippen LogP contribution is 2.21. The van der Waals surface area contributed by atoms with E-state index in [0.29, 0.717) is 18.7 Å². The molecule has 1 aromatic rings. The molecule has 0 bridgehead atoms. The van der Waals surface area contributed by atoms with E-state index in [-0.39, 0.29) is 24.3 Å². The molecular weight excluding hydrogens is 268 g/mol. The van der Waals surface area contributed by atoms with E-state index in [2.05, 4.69) is 0 Å². The highest BCUT2D eigenvalue weighted by Gasteiger charge is 2.20. The first-order valence-electron chi connectivity index (χ1n) is 7.14. The lowest BCUT2D eigenvalue weighted by Gasteiger charge is -2.24. The Bertz CT molecular complexity index is 483. The second-order valence-corrected chi connectivity index (χ2v) is 5.83. The molecule has 3 N–H and O–H groups in total. The van der Waals surface area contributed by atoms with Crippen LogP contribution in [-0.4, -0.2) is 35.0 Å². The van der Waals surface area contributed by atoms with Crippen LogP contribution in [0.25, 0.3) is 0 Å². The van der Waals surface area contributed by atoms with Gasteiger partial charge in [0.1, 0.15) is 6.54 Å². The minimum atomic E-state index is -0.982. The molecule has 1 atom stereocenters. The third-order valence-electron chi connectivity index (χ3n) is 3.25. The summed E-state index contributed by atoms with van der Waals surface area (Å²) in [4.78, 5) is 24.6. The Hall–Kier alpha value is -2.04. The van der Waals surface area contributed by atoms with Crippen molar-refractivity contribution in [2.75, 3.05) is 18.8 Å². The number of carboxylic acid groups (broad SMARTS) is 1. The molecule has 1 rings (SSSR count). The van der Waals surface area contributed by atoms with Crippen molar-refractivity contribution in [3.05, 3.63) is 29.8 Å². The monoisotopic (exact) mass is 292 g/mol. The van der Waals surface area contributed by atoms with Crippen molar-refractivity contribution in [3.8, 4) is 0 Å². The minimum absolute atomic E-state index is 0.0292. The number of carboxylic acids is 1. The number of aliphatic carboxylic acids is 1. The molecule has 5 nitrogen and oxygen atoms in total. The van der Waals surface area contributed by atoms with Crippen molar-refractivity contribution < 1.29 is 14.7 Å². The first-order chi connectivity index (χ1) is 9.79. The van der Waals surface area contributed by atoms with Gasteiger partial charge in [-0.15, -0.1) is 0 Å². The highest BCUT2D eigenvalue weighted by molar-refractivity contribution is 5.81. The number of carbonyl (C=O) groups excluding carboxylic acids is 1. The van der Waals surface area contributed by atoms with Crippen molar-refractivity contribution in [3.63, 3.8) is 0 Å². The third-order valence-corrected chi connectivity index (χ3v) is 3.25. The third kappa shape index (κ3) is 5.85. The minimum Gasteiger partial charge on any atom is -0.480 e. The summed E-state index contributed by atoms with van der Waals surface area (Å²) in [6.07, 6.45) is 0.296. The standard InChI is InChI=1S/C16H24N2O3/c1-11(2)9-18(10-16(20)21)15(19)8-12(3)13-4-6-14(17)7-5-13/h4-7,11-12H,8-10,17H2,1-3H3,(H,20,21). The Balaban J connectivity index is 2.70. The van der Waals surface area contributed by atoms with E-state index >= 15 is 0 Å². The zero-order valence-corrected chi connectivity index (χ0v) is 12.9. The summed E-state index contributed by atoms with van der Waals surface area (Å²) in [6.45, 7) is 6.10. The molecule has 21 heavy (non-hydrogen) atoms. The van der Waals surface area contributed by atoms with Crippen molar-refractivity contribution in [2.45, 2.75) is 33.1 Å². The molecule has 0 saturated heterocycles. The van der Waals surface area contributed by atoms with Crippen molar-refractivity contribution >= 4 is 17.6 Å². The van der Waals surface area contributed by atoms with E-state index in [1.165, 1.54) is 4.90 Å². The van der Waals surface area contributed by atoms with Crippen LogP contribution in [0.5, 0.6) is 0 Å². The lowest BCUT2D eigenvalue weighted by molar-refractivity contribution is -0.145. The molecule has 1 aromatic carbocycles. The SMILES string of the molecule is CC(C)CN(CC(=O)O)C(=O)CC(C)c1ccc(N)cc1. The van der Waals surface area contributed by atoms with Crippen molar-refractivity contribution in [2.24, 2.45) is 5.92 Å². The smallest absolute Gasteiger partial charge is 0.323 e. The molecule has 0 heterocycles. The summed E-state index contributed by atoms with van der Waals surface area (Å²) in [5.74, 6) is -0.846. The summed E-state index contributed by atoms with van der Waals surface area (Å²) in [5, 5.41) is 8.92. The van der Waals surface area contributed by atoms with Crippen LogP contribution < -0.4 is 5.73 Å². The van der Waals surface area contributed by atoms with Gasteiger partial charge in [0.25, 0.3) is 0 Å². The predicted octanol–water partition coefficient (Wildman–Crippen LogP) is 2.33. The maximum absolute atomic E-state index is 12.3. The molecule has 0 aliphatic carbocycles. The molecule has 0 aromatic heterocycles. The Morgan fingerprint density at radius 3 is 2.24 bits per heavy atom. The average Bonchev–Trinajstić information content (AvgIpc) is 2.37. The molecule has 0 saturated carbocycles. The van der Waals surface area contributed by atoms with Gasteiger partial charge >= 0.3 is 5.97 Å². The van der Waals surface area contributed by atoms with Crippen LogP contribution in [0.4, 0.5) is 5.69 Å². The number of benzene rings is 1. The molecular formula is C16H24N2O3. The van der Waals surface area contributed by atoms with E-state index in [4.69, 9.17) is 10.8 Å². The van der Waals surface area contributed by atoms with Gasteiger partial charge in [0, 0.05) is 18.7 Å². The maximum atomic E-state index is 12.3. The Morgan fingerprint density at radius 1 is 1.19 bits per heavy atom. The molecule has 1 unspecified atom stereocenters. The molecule has 116 valence electrons. The molecule has 0 aliphatic heterocycles. The maximum Gasteiger partial charge on any atom is 0.323 e. The van der Waals surface area contributed by atoms with Crippen LogP contribution in [0.3, 0.4) is 0 Å². The van der Waals surface area contributed by atoms with Gasteiger partial charge in [-0.25, -0.2) is 0 Å². The molecule has 0 aliphatic rings. The fraction of sp³-hybridized carbons (Fsp3) is 0.500. The van der Waals surface area contributed by atoms with Gasteiger partial charge in [-0.3, -0.25) is 9.59 Å². The zero-order chi connectivity index (χ0) is 16.0. The summed E-state index contributed by atoms with van der Waals surface area (Å²) in [7, 11) is 0. The zero-order valence-electron chi connectivity index (χ0n) is 12.9. The molecule has 5 heteroatoms. The van der Waals surface area contributed by atoms with Gasteiger partial charge in [-0.1, -0.05) is 32.9 Å². The predicted molar refractivity (Wildman–Crippen MR) is 82.9 cm³/mol. The van der Waals surface area contributed by atoms with Gasteiger partial charge in [-0.05, 0) is 29.5 Å². The first-order valence-corrected chi connectivity index (χ1v) is 7.14. The van der Waals surface area contributed by atoms with E-state index in [1.807, 2.05) is 32.9 Å². The number of hydrogen-bond acceptors (Lipinski definition) is 3. The summed E-state index contributed by atoms with van der Waals surface area (Å²) >= 11 is 0. The van der Waals surface area contributed by atoms with Gasteiger partial charge in [-0.2, -0.15) is 0 Å². The largest absolute Gasteiger partial charge is 0.480 e. The van der Waals surface area contributed by atoms with Gasteiger partial charge in [0.15, 0.2) is 0 Å². The summed E-state index contributed by atoms with van der Waals surface area (Å²) < 4.78 is 0. The molecule has 0 spiro atoms. The van der Waals surface area contributed by atoms with E-state index in [1.54, 1.807) is 12.1 Å². The number of nitrogens with zero attached hydrogens (tertiary/aromatic N) is 1. The van der Waals surface area contributed by atoms with Gasteiger partial charge in [0.05, 0.1) is 0 Å². The number of amides is 1. The Morgan fingerprint density at radius 2 is 1.76 bits per heavy atom. The lowest BCUT2D eigenvalue weighted by atomic mass is 9.96. The van der Waals surface area contributed by atoms with Crippen LogP contribution in [0.2, 0.25) is 0 Å². The van der Waals surface area contributed by atoms with Crippen LogP contribution in [0.15, 0.2) is 24.3 Å². The van der Waals surface area contributed by atoms with Crippen LogP contribution >= 0.6 is 0 Å². The fourth-order valence-electron chi connectivity index (χ4n) is 2.19. The Kier molecular flexibility index (Phi) is 6.21. The topological polar surface area (TPSA) is 83.6 Å². The normalized spacial score (nSPS) is 12.2. The Labute approximate surface area is 125 Å². The number of nitrogen functional groups attached to an aromatic ring is 1. The lowest BCUT2D eigenvalue weighted by Crippen LogP contribution is -2.38. The van der Waals surface area contributed by atoms with Crippen LogP contribution in [0.1, 0.15) is 38.7 Å². The second-order valence-electron chi connectivity index (χ2n) is 5.83. The summed E-state index contributed by atoms with van der Waals surface area (Å²) in [5.41, 5.74) is 7.36. The average molecular weight is 292 g/mol. The number of rotatable bonds is 7. The number of carbonyl (C=O) groups is 2. The van der Waals surface area contributed by atoms with Crippen LogP contribution in [0, 0.1) is 5.92 Å². The summed E-state index contributed by atoms with van der Waals surface area (Å²) in [6, 6.07) is 7.41. The first kappa shape index (κ1) is 17.0. The van der Waals surface area contributed by atoms with E-state index in [9.17, 15) is 9.59 Å². The quantitative estimate of drug-likeness (QED) is 0.755. The van der Waals surface area contributed by atoms with Crippen molar-refractivity contribution in [1.29, 1.82) is 0 Å². The fourth-order valence-corrected chi connectivity index (χ4v) is 2.19. The molecule has 0 fully saturated rings. The molecule has 0 radical (unpaired) electrons. The van der Waals surface area contributed by atoms with Crippen LogP contribution in [-0.2, 0) is 9.59 Å². The molecule has 1 amide bonds. The van der Waals surface area contributed by atoms with E-state index in [0.717, 1.165) is 5.56 Å². The number of hydrogen-bond donors (Lipinski definition) is 2. The second kappa shape index (κ2) is 7.67.